The minimum atomic E-state index is -0.568. The number of fused-ring (bicyclic) bond motifs is 2. The number of thioether (sulfide) groups is 1. The van der Waals surface area contributed by atoms with E-state index >= 15 is 0 Å². The third-order valence-electron chi connectivity index (χ3n) is 6.74. The van der Waals surface area contributed by atoms with Crippen molar-refractivity contribution >= 4 is 23.7 Å². The summed E-state index contributed by atoms with van der Waals surface area (Å²) in [6.45, 7) is 6.02. The molecule has 2 aromatic rings. The standard InChI is InChI=1S/C24H30FN5O3S/c1-3-10-26-23(32)27-22(31)14-34-24-29-28-21(13-33-20-7-5-4-6-19(20)25)30(24)15(2)18-12-16-8-9-17(18)11-16/h3-7,15-18H,1,8-14H2,2H3,(H2,26,27,31,32). The van der Waals surface area contributed by atoms with Crippen molar-refractivity contribution in [2.24, 2.45) is 17.8 Å². The Hall–Kier alpha value is -2.88. The summed E-state index contributed by atoms with van der Waals surface area (Å²) >= 11 is 1.22. The Balaban J connectivity index is 1.47. The number of rotatable bonds is 10. The molecule has 4 rings (SSSR count). The first kappa shape index (κ1) is 24.3. The van der Waals surface area contributed by atoms with E-state index in [4.69, 9.17) is 4.74 Å². The van der Waals surface area contributed by atoms with Crippen LogP contribution in [0, 0.1) is 23.6 Å². The number of para-hydroxylation sites is 1. The minimum Gasteiger partial charge on any atom is -0.483 e. The first-order chi connectivity index (χ1) is 16.5. The number of hydrogen-bond acceptors (Lipinski definition) is 6. The smallest absolute Gasteiger partial charge is 0.321 e. The second-order valence-corrected chi connectivity index (χ2v) is 9.85. The zero-order valence-corrected chi connectivity index (χ0v) is 20.0. The van der Waals surface area contributed by atoms with Crippen molar-refractivity contribution < 1.29 is 18.7 Å². The normalized spacial score (nSPS) is 21.8. The van der Waals surface area contributed by atoms with Crippen LogP contribution in [0.1, 0.15) is 44.5 Å². The Bertz CT molecular complexity index is 1050. The summed E-state index contributed by atoms with van der Waals surface area (Å²) in [6, 6.07) is 5.80. The second-order valence-electron chi connectivity index (χ2n) is 8.90. The highest BCUT2D eigenvalue weighted by Crippen LogP contribution is 2.52. The summed E-state index contributed by atoms with van der Waals surface area (Å²) in [4.78, 5) is 24.0. The highest BCUT2D eigenvalue weighted by atomic mass is 32.2. The number of urea groups is 1. The Kier molecular flexibility index (Phi) is 7.87. The molecule has 2 aliphatic rings. The number of hydrogen-bond donors (Lipinski definition) is 2. The number of carbonyl (C=O) groups is 2. The van der Waals surface area contributed by atoms with E-state index in [1.165, 1.54) is 49.6 Å². The number of halogens is 1. The van der Waals surface area contributed by atoms with Crippen LogP contribution in [0.25, 0.3) is 0 Å². The molecule has 1 aromatic carbocycles. The minimum absolute atomic E-state index is 0.0112. The van der Waals surface area contributed by atoms with E-state index < -0.39 is 17.8 Å². The summed E-state index contributed by atoms with van der Waals surface area (Å²) in [5, 5.41) is 14.0. The first-order valence-corrected chi connectivity index (χ1v) is 12.6. The molecular weight excluding hydrogens is 457 g/mol. The van der Waals surface area contributed by atoms with Gasteiger partial charge in [0.15, 0.2) is 22.5 Å². The van der Waals surface area contributed by atoms with Crippen LogP contribution >= 0.6 is 11.8 Å². The molecule has 1 aromatic heterocycles. The third-order valence-corrected chi connectivity index (χ3v) is 7.68. The Labute approximate surface area is 202 Å². The molecule has 2 aliphatic carbocycles. The molecule has 0 radical (unpaired) electrons. The van der Waals surface area contributed by atoms with Gasteiger partial charge < -0.3 is 10.1 Å². The molecule has 0 aliphatic heterocycles. The molecular formula is C24H30FN5O3S. The van der Waals surface area contributed by atoms with Crippen LogP contribution < -0.4 is 15.4 Å². The Morgan fingerprint density at radius 1 is 1.32 bits per heavy atom. The van der Waals surface area contributed by atoms with Gasteiger partial charge in [-0.15, -0.1) is 16.8 Å². The zero-order chi connectivity index (χ0) is 24.1. The van der Waals surface area contributed by atoms with Gasteiger partial charge in [-0.05, 0) is 56.1 Å². The van der Waals surface area contributed by atoms with Gasteiger partial charge >= 0.3 is 6.03 Å². The molecule has 182 valence electrons. The summed E-state index contributed by atoms with van der Waals surface area (Å²) < 4.78 is 21.8. The topological polar surface area (TPSA) is 98.1 Å². The fourth-order valence-electron chi connectivity index (χ4n) is 5.20. The maximum atomic E-state index is 14.0. The SMILES string of the molecule is C=CCNC(=O)NC(=O)CSc1nnc(COc2ccccc2F)n1C(C)C1CC2CCC1C2. The lowest BCUT2D eigenvalue weighted by Crippen LogP contribution is -2.40. The van der Waals surface area contributed by atoms with E-state index in [-0.39, 0.29) is 30.7 Å². The Morgan fingerprint density at radius 2 is 2.15 bits per heavy atom. The van der Waals surface area contributed by atoms with E-state index in [2.05, 4.69) is 34.3 Å². The lowest BCUT2D eigenvalue weighted by atomic mass is 9.84. The molecule has 4 atom stereocenters. The second kappa shape index (κ2) is 11.0. The molecule has 0 spiro atoms. The molecule has 34 heavy (non-hydrogen) atoms. The molecule has 10 heteroatoms. The monoisotopic (exact) mass is 487 g/mol. The molecule has 2 N–H and O–H groups in total. The van der Waals surface area contributed by atoms with Crippen LogP contribution in [0.3, 0.4) is 0 Å². The zero-order valence-electron chi connectivity index (χ0n) is 19.2. The van der Waals surface area contributed by atoms with Crippen molar-refractivity contribution in [3.05, 3.63) is 48.6 Å². The van der Waals surface area contributed by atoms with Gasteiger partial charge in [-0.25, -0.2) is 9.18 Å². The summed E-state index contributed by atoms with van der Waals surface area (Å²) in [5.74, 6) is 1.85. The number of ether oxygens (including phenoxy) is 1. The van der Waals surface area contributed by atoms with Crippen molar-refractivity contribution in [2.45, 2.75) is 50.4 Å². The summed E-state index contributed by atoms with van der Waals surface area (Å²) in [6.07, 6.45) is 6.51. The van der Waals surface area contributed by atoms with Gasteiger partial charge in [-0.3, -0.25) is 14.7 Å². The predicted octanol–water partition coefficient (Wildman–Crippen LogP) is 4.10. The van der Waals surface area contributed by atoms with Gasteiger partial charge in [-0.1, -0.05) is 36.4 Å². The summed E-state index contributed by atoms with van der Waals surface area (Å²) in [7, 11) is 0. The van der Waals surface area contributed by atoms with Gasteiger partial charge in [-0.2, -0.15) is 0 Å². The average Bonchev–Trinajstić information content (AvgIpc) is 3.56. The maximum absolute atomic E-state index is 14.0. The molecule has 1 heterocycles. The van der Waals surface area contributed by atoms with Crippen LogP contribution in [0.4, 0.5) is 9.18 Å². The number of imide groups is 1. The van der Waals surface area contributed by atoms with Crippen molar-refractivity contribution in [3.8, 4) is 5.75 Å². The maximum Gasteiger partial charge on any atom is 0.321 e. The van der Waals surface area contributed by atoms with Gasteiger partial charge in [0.2, 0.25) is 5.91 Å². The molecule has 0 saturated heterocycles. The van der Waals surface area contributed by atoms with E-state index in [0.29, 0.717) is 22.8 Å². The third kappa shape index (κ3) is 5.60. The van der Waals surface area contributed by atoms with Crippen molar-refractivity contribution in [2.75, 3.05) is 12.3 Å². The summed E-state index contributed by atoms with van der Waals surface area (Å²) in [5.41, 5.74) is 0. The van der Waals surface area contributed by atoms with Crippen LogP contribution in [-0.2, 0) is 11.4 Å². The van der Waals surface area contributed by atoms with E-state index in [1.807, 2.05) is 4.57 Å². The van der Waals surface area contributed by atoms with E-state index in [0.717, 1.165) is 5.92 Å². The lowest BCUT2D eigenvalue weighted by molar-refractivity contribution is -0.117. The first-order valence-electron chi connectivity index (χ1n) is 11.6. The number of carbonyl (C=O) groups excluding carboxylic acids is 2. The number of aromatic nitrogens is 3. The predicted molar refractivity (Wildman–Crippen MR) is 127 cm³/mol. The number of nitrogens with one attached hydrogen (secondary N) is 2. The van der Waals surface area contributed by atoms with Crippen LogP contribution in [0.5, 0.6) is 5.75 Å². The Morgan fingerprint density at radius 3 is 2.85 bits per heavy atom. The van der Waals surface area contributed by atoms with Crippen LogP contribution in [-0.4, -0.2) is 39.0 Å². The quantitative estimate of drug-likeness (QED) is 0.387. The lowest BCUT2D eigenvalue weighted by Gasteiger charge is -2.30. The average molecular weight is 488 g/mol. The van der Waals surface area contributed by atoms with Crippen molar-refractivity contribution in [3.63, 3.8) is 0 Å². The van der Waals surface area contributed by atoms with Gasteiger partial charge in [0.1, 0.15) is 6.61 Å². The molecule has 2 bridgehead atoms. The molecule has 8 nitrogen and oxygen atoms in total. The fraction of sp³-hybridized carbons (Fsp3) is 0.500. The number of nitrogens with zero attached hydrogens (tertiary/aromatic N) is 3. The largest absolute Gasteiger partial charge is 0.483 e. The highest BCUT2D eigenvalue weighted by molar-refractivity contribution is 7.99. The number of benzene rings is 1. The molecule has 2 saturated carbocycles. The van der Waals surface area contributed by atoms with E-state index in [9.17, 15) is 14.0 Å². The molecule has 3 amide bonds. The van der Waals surface area contributed by atoms with Crippen LogP contribution in [0.15, 0.2) is 42.1 Å². The molecule has 2 fully saturated rings. The van der Waals surface area contributed by atoms with Gasteiger partial charge in [0.05, 0.1) is 5.75 Å². The van der Waals surface area contributed by atoms with Crippen molar-refractivity contribution in [1.82, 2.24) is 25.4 Å². The molecule has 4 unspecified atom stereocenters. The van der Waals surface area contributed by atoms with Crippen LogP contribution in [0.2, 0.25) is 0 Å². The highest BCUT2D eigenvalue weighted by Gasteiger charge is 2.43. The fourth-order valence-corrected chi connectivity index (χ4v) is 6.04. The van der Waals surface area contributed by atoms with E-state index in [1.54, 1.807) is 18.2 Å². The van der Waals surface area contributed by atoms with Gasteiger partial charge in [0, 0.05) is 12.6 Å². The number of amides is 3. The van der Waals surface area contributed by atoms with Crippen molar-refractivity contribution in [1.29, 1.82) is 0 Å². The van der Waals surface area contributed by atoms with Gasteiger partial charge in [0.25, 0.3) is 0 Å².